The maximum Gasteiger partial charge on any atom is 0.340 e. The van der Waals surface area contributed by atoms with E-state index >= 15 is 0 Å². The van der Waals surface area contributed by atoms with E-state index in [9.17, 15) is 9.59 Å². The van der Waals surface area contributed by atoms with Gasteiger partial charge in [0, 0.05) is 18.2 Å². The van der Waals surface area contributed by atoms with E-state index in [1.54, 1.807) is 13.1 Å². The van der Waals surface area contributed by atoms with E-state index in [1.165, 1.54) is 6.33 Å². The van der Waals surface area contributed by atoms with Gasteiger partial charge < -0.3 is 9.72 Å². The fourth-order valence-electron chi connectivity index (χ4n) is 2.78. The molecule has 0 saturated heterocycles. The molecule has 26 heavy (non-hydrogen) atoms. The monoisotopic (exact) mass is 347 g/mol. The molecule has 6 heteroatoms. The third-order valence-electron chi connectivity index (χ3n) is 3.87. The van der Waals surface area contributed by atoms with Crippen LogP contribution in [0.3, 0.4) is 0 Å². The van der Waals surface area contributed by atoms with Crippen molar-refractivity contribution in [3.63, 3.8) is 0 Å². The van der Waals surface area contributed by atoms with Crippen molar-refractivity contribution in [2.75, 3.05) is 6.61 Å². The molecule has 0 bridgehead atoms. The summed E-state index contributed by atoms with van der Waals surface area (Å²) < 4.78 is 5.11. The van der Waals surface area contributed by atoms with Crippen molar-refractivity contribution in [2.24, 2.45) is 0 Å². The second kappa shape index (κ2) is 7.62. The molecule has 1 N–H and O–H groups in total. The Bertz CT molecular complexity index is 1010. The van der Waals surface area contributed by atoms with Crippen LogP contribution in [0, 0.1) is 12.3 Å². The SMILES string of the molecule is C#CCC(=O)Cc1cccc(-c2ncnc3[nH]cc(C(=O)OCC)c23)c1. The highest BCUT2D eigenvalue weighted by Gasteiger charge is 2.19. The highest BCUT2D eigenvalue weighted by Crippen LogP contribution is 2.29. The average Bonchev–Trinajstić information content (AvgIpc) is 3.06. The third kappa shape index (κ3) is 3.47. The average molecular weight is 347 g/mol. The molecule has 2 aromatic heterocycles. The molecule has 0 atom stereocenters. The number of Topliss-reactive ketones (excluding diaryl/α,β-unsaturated/α-hetero) is 1. The molecule has 3 aromatic rings. The first-order valence-corrected chi connectivity index (χ1v) is 8.17. The summed E-state index contributed by atoms with van der Waals surface area (Å²) in [7, 11) is 0. The number of terminal acetylenes is 1. The maximum absolute atomic E-state index is 12.2. The van der Waals surface area contributed by atoms with E-state index in [4.69, 9.17) is 11.2 Å². The van der Waals surface area contributed by atoms with Crippen molar-refractivity contribution in [3.8, 4) is 23.6 Å². The second-order valence-electron chi connectivity index (χ2n) is 5.67. The summed E-state index contributed by atoms with van der Waals surface area (Å²) in [6.45, 7) is 2.03. The number of H-pyrrole nitrogens is 1. The molecular formula is C20H17N3O3. The lowest BCUT2D eigenvalue weighted by molar-refractivity contribution is -0.117. The number of fused-ring (bicyclic) bond motifs is 1. The lowest BCUT2D eigenvalue weighted by Gasteiger charge is -2.07. The predicted molar refractivity (Wildman–Crippen MR) is 97.4 cm³/mol. The van der Waals surface area contributed by atoms with Crippen LogP contribution in [0.15, 0.2) is 36.8 Å². The number of rotatable bonds is 6. The molecule has 3 rings (SSSR count). The van der Waals surface area contributed by atoms with Crippen molar-refractivity contribution in [1.29, 1.82) is 0 Å². The number of benzene rings is 1. The van der Waals surface area contributed by atoms with Gasteiger partial charge in [-0.2, -0.15) is 0 Å². The number of nitrogens with one attached hydrogen (secondary N) is 1. The molecule has 2 heterocycles. The fraction of sp³-hybridized carbons (Fsp3) is 0.200. The van der Waals surface area contributed by atoms with Crippen molar-refractivity contribution in [2.45, 2.75) is 19.8 Å². The molecule has 0 fully saturated rings. The minimum absolute atomic E-state index is 0.0219. The Labute approximate surface area is 150 Å². The Morgan fingerprint density at radius 2 is 2.15 bits per heavy atom. The molecule has 0 aliphatic heterocycles. The van der Waals surface area contributed by atoms with Gasteiger partial charge in [-0.3, -0.25) is 4.79 Å². The number of carbonyl (C=O) groups is 2. The molecule has 1 aromatic carbocycles. The van der Waals surface area contributed by atoms with Crippen LogP contribution in [-0.4, -0.2) is 33.3 Å². The van der Waals surface area contributed by atoms with Gasteiger partial charge in [-0.1, -0.05) is 24.1 Å². The third-order valence-corrected chi connectivity index (χ3v) is 3.87. The summed E-state index contributed by atoms with van der Waals surface area (Å²) in [5.74, 6) is 1.90. The summed E-state index contributed by atoms with van der Waals surface area (Å²) in [5, 5.41) is 0.595. The van der Waals surface area contributed by atoms with Crippen molar-refractivity contribution in [3.05, 3.63) is 47.9 Å². The summed E-state index contributed by atoms with van der Waals surface area (Å²) in [5.41, 5.74) is 3.15. The molecule has 0 radical (unpaired) electrons. The number of nitrogens with zero attached hydrogens (tertiary/aromatic N) is 2. The largest absolute Gasteiger partial charge is 0.462 e. The number of aromatic amines is 1. The molecule has 0 aliphatic carbocycles. The standard InChI is InChI=1S/C20H17N3O3/c1-3-6-15(24)10-13-7-5-8-14(9-13)18-17-16(20(25)26-4-2)11-21-19(17)23-12-22-18/h1,5,7-9,11-12H,4,6,10H2,2H3,(H,21,22,23). The number of esters is 1. The Balaban J connectivity index is 2.06. The molecule has 6 nitrogen and oxygen atoms in total. The topological polar surface area (TPSA) is 84.9 Å². The normalized spacial score (nSPS) is 10.5. The zero-order valence-corrected chi connectivity index (χ0v) is 14.3. The van der Waals surface area contributed by atoms with Crippen molar-refractivity contribution in [1.82, 2.24) is 15.0 Å². The van der Waals surface area contributed by atoms with Crippen LogP contribution < -0.4 is 0 Å². The van der Waals surface area contributed by atoms with Gasteiger partial charge in [-0.25, -0.2) is 14.8 Å². The van der Waals surface area contributed by atoms with Gasteiger partial charge in [-0.15, -0.1) is 6.42 Å². The smallest absolute Gasteiger partial charge is 0.340 e. The summed E-state index contributed by atoms with van der Waals surface area (Å²) >= 11 is 0. The zero-order chi connectivity index (χ0) is 18.5. The van der Waals surface area contributed by atoms with Gasteiger partial charge >= 0.3 is 5.97 Å². The van der Waals surface area contributed by atoms with Crippen LogP contribution in [0.2, 0.25) is 0 Å². The van der Waals surface area contributed by atoms with Gasteiger partial charge in [0.1, 0.15) is 17.8 Å². The van der Waals surface area contributed by atoms with Crippen LogP contribution in [0.1, 0.15) is 29.3 Å². The quantitative estimate of drug-likeness (QED) is 0.547. The van der Waals surface area contributed by atoms with E-state index in [0.717, 1.165) is 11.1 Å². The van der Waals surface area contributed by atoms with Crippen LogP contribution in [0.5, 0.6) is 0 Å². The second-order valence-corrected chi connectivity index (χ2v) is 5.67. The van der Waals surface area contributed by atoms with E-state index in [-0.39, 0.29) is 25.2 Å². The fourth-order valence-corrected chi connectivity index (χ4v) is 2.78. The van der Waals surface area contributed by atoms with Crippen LogP contribution in [-0.2, 0) is 16.0 Å². The van der Waals surface area contributed by atoms with Crippen molar-refractivity contribution >= 4 is 22.8 Å². The van der Waals surface area contributed by atoms with Gasteiger partial charge in [0.15, 0.2) is 0 Å². The molecular weight excluding hydrogens is 330 g/mol. The predicted octanol–water partition coefficient (Wildman–Crippen LogP) is 2.94. The highest BCUT2D eigenvalue weighted by atomic mass is 16.5. The molecule has 0 spiro atoms. The van der Waals surface area contributed by atoms with Gasteiger partial charge in [0.05, 0.1) is 29.7 Å². The Morgan fingerprint density at radius 3 is 2.92 bits per heavy atom. The van der Waals surface area contributed by atoms with Crippen molar-refractivity contribution < 1.29 is 14.3 Å². The summed E-state index contributed by atoms with van der Waals surface area (Å²) in [6.07, 6.45) is 8.55. The van der Waals surface area contributed by atoms with Crippen LogP contribution in [0.4, 0.5) is 0 Å². The molecule has 0 saturated carbocycles. The van der Waals surface area contributed by atoms with Gasteiger partial charge in [0.25, 0.3) is 0 Å². The van der Waals surface area contributed by atoms with E-state index in [0.29, 0.717) is 22.3 Å². The van der Waals surface area contributed by atoms with E-state index in [1.807, 2.05) is 24.3 Å². The first kappa shape index (κ1) is 17.4. The van der Waals surface area contributed by atoms with Gasteiger partial charge in [-0.05, 0) is 18.6 Å². The number of aromatic nitrogens is 3. The maximum atomic E-state index is 12.2. The number of hydrogen-bond acceptors (Lipinski definition) is 5. The van der Waals surface area contributed by atoms with Crippen LogP contribution >= 0.6 is 0 Å². The number of ketones is 1. The zero-order valence-electron chi connectivity index (χ0n) is 14.3. The molecule has 0 unspecified atom stereocenters. The van der Waals surface area contributed by atoms with E-state index in [2.05, 4.69) is 20.9 Å². The number of ether oxygens (including phenoxy) is 1. The van der Waals surface area contributed by atoms with E-state index < -0.39 is 5.97 Å². The summed E-state index contributed by atoms with van der Waals surface area (Å²) in [4.78, 5) is 35.5. The molecule has 130 valence electrons. The Kier molecular flexibility index (Phi) is 5.09. The lowest BCUT2D eigenvalue weighted by atomic mass is 10.0. The minimum atomic E-state index is -0.435. The first-order valence-electron chi connectivity index (χ1n) is 8.17. The minimum Gasteiger partial charge on any atom is -0.462 e. The number of carbonyl (C=O) groups excluding carboxylic acids is 2. The molecule has 0 aliphatic rings. The van der Waals surface area contributed by atoms with Gasteiger partial charge in [0.2, 0.25) is 0 Å². The Morgan fingerprint density at radius 1 is 1.31 bits per heavy atom. The van der Waals surface area contributed by atoms with Crippen LogP contribution in [0.25, 0.3) is 22.3 Å². The lowest BCUT2D eigenvalue weighted by Crippen LogP contribution is -2.04. The summed E-state index contributed by atoms with van der Waals surface area (Å²) in [6, 6.07) is 7.45. The number of hydrogen-bond donors (Lipinski definition) is 1. The molecule has 0 amide bonds. The first-order chi connectivity index (χ1) is 12.6. The highest BCUT2D eigenvalue weighted by molar-refractivity contribution is 6.08. The Hall–Kier alpha value is -3.46.